The standard InChI is InChI=1S/C22H16F3N2O/c1-13-9-10-15-19(11-13)27(18-8-4-6-16(20(15)18)21(26)28)12-14-5-2-3-7-17(14)22(23,24)25/h2-9,11H,12H2,1H3,(H2,26,28). The number of carbonyl (C=O) groups is 1. The molecule has 141 valence electrons. The van der Waals surface area contributed by atoms with Gasteiger partial charge in [0.05, 0.1) is 16.6 Å². The van der Waals surface area contributed by atoms with Crippen molar-refractivity contribution in [1.82, 2.24) is 4.57 Å². The highest BCUT2D eigenvalue weighted by Crippen LogP contribution is 2.36. The number of halogens is 3. The first-order valence-electron chi connectivity index (χ1n) is 8.65. The number of rotatable bonds is 3. The van der Waals surface area contributed by atoms with Crippen LogP contribution in [-0.4, -0.2) is 10.5 Å². The lowest BCUT2D eigenvalue weighted by Gasteiger charge is -2.15. The number of nitrogens with two attached hydrogens (primary N) is 1. The molecular formula is C22H16F3N2O. The lowest BCUT2D eigenvalue weighted by Crippen LogP contribution is -2.12. The van der Waals surface area contributed by atoms with Gasteiger partial charge in [0.25, 0.3) is 0 Å². The fourth-order valence-corrected chi connectivity index (χ4v) is 3.64. The molecule has 4 rings (SSSR count). The van der Waals surface area contributed by atoms with E-state index in [4.69, 9.17) is 5.73 Å². The summed E-state index contributed by atoms with van der Waals surface area (Å²) in [4.78, 5) is 11.9. The molecule has 4 aromatic rings. The molecule has 1 heterocycles. The maximum Gasteiger partial charge on any atom is 0.416 e. The molecule has 28 heavy (non-hydrogen) atoms. The minimum absolute atomic E-state index is 0.00912. The zero-order chi connectivity index (χ0) is 20.1. The number of aromatic nitrogens is 1. The number of carbonyl (C=O) groups excluding carboxylic acids is 1. The fourth-order valence-electron chi connectivity index (χ4n) is 3.64. The Morgan fingerprint density at radius 1 is 1.11 bits per heavy atom. The van der Waals surface area contributed by atoms with Crippen molar-refractivity contribution in [1.29, 1.82) is 0 Å². The van der Waals surface area contributed by atoms with Crippen molar-refractivity contribution in [3.05, 3.63) is 82.9 Å². The molecule has 0 aliphatic carbocycles. The van der Waals surface area contributed by atoms with Crippen LogP contribution in [0.25, 0.3) is 21.8 Å². The minimum Gasteiger partial charge on any atom is -0.366 e. The van der Waals surface area contributed by atoms with E-state index in [0.29, 0.717) is 27.4 Å². The quantitative estimate of drug-likeness (QED) is 0.529. The summed E-state index contributed by atoms with van der Waals surface area (Å²) in [6.45, 7) is 1.89. The van der Waals surface area contributed by atoms with Gasteiger partial charge in [-0.3, -0.25) is 4.79 Å². The molecule has 0 fully saturated rings. The van der Waals surface area contributed by atoms with E-state index in [2.05, 4.69) is 6.07 Å². The van der Waals surface area contributed by atoms with Crippen LogP contribution >= 0.6 is 0 Å². The molecule has 1 radical (unpaired) electrons. The maximum atomic E-state index is 13.5. The van der Waals surface area contributed by atoms with Crippen molar-refractivity contribution in [2.24, 2.45) is 5.73 Å². The zero-order valence-electron chi connectivity index (χ0n) is 15.0. The van der Waals surface area contributed by atoms with E-state index in [1.54, 1.807) is 34.9 Å². The molecule has 0 spiro atoms. The second kappa shape index (κ2) is 6.41. The Labute approximate surface area is 159 Å². The number of hydrogen-bond donors (Lipinski definition) is 1. The van der Waals surface area contributed by atoms with Crippen molar-refractivity contribution in [2.45, 2.75) is 19.6 Å². The van der Waals surface area contributed by atoms with E-state index in [1.807, 2.05) is 13.0 Å². The van der Waals surface area contributed by atoms with Gasteiger partial charge in [-0.25, -0.2) is 0 Å². The first-order valence-corrected chi connectivity index (χ1v) is 8.65. The van der Waals surface area contributed by atoms with Crippen LogP contribution in [0.5, 0.6) is 0 Å². The lowest BCUT2D eigenvalue weighted by atomic mass is 10.1. The number of alkyl halides is 3. The number of benzene rings is 3. The van der Waals surface area contributed by atoms with Gasteiger partial charge >= 0.3 is 6.18 Å². The van der Waals surface area contributed by atoms with E-state index in [0.717, 1.165) is 11.6 Å². The fraction of sp³-hybridized carbons (Fsp3) is 0.136. The van der Waals surface area contributed by atoms with Gasteiger partial charge in [0.15, 0.2) is 0 Å². The molecule has 1 amide bonds. The van der Waals surface area contributed by atoms with Gasteiger partial charge in [-0.15, -0.1) is 0 Å². The Morgan fingerprint density at radius 2 is 1.86 bits per heavy atom. The summed E-state index contributed by atoms with van der Waals surface area (Å²) >= 11 is 0. The molecule has 3 aromatic carbocycles. The molecule has 0 saturated carbocycles. The van der Waals surface area contributed by atoms with Crippen molar-refractivity contribution < 1.29 is 18.0 Å². The SMILES string of the molecule is Cc1c[c]c2c3c(C(N)=O)cccc3n(Cc3ccccc3C(F)(F)F)c2c1. The largest absolute Gasteiger partial charge is 0.416 e. The second-order valence-electron chi connectivity index (χ2n) is 6.74. The normalized spacial score (nSPS) is 12.0. The molecule has 0 unspecified atom stereocenters. The van der Waals surface area contributed by atoms with E-state index < -0.39 is 17.6 Å². The molecule has 1 aromatic heterocycles. The van der Waals surface area contributed by atoms with Crippen molar-refractivity contribution >= 4 is 27.7 Å². The molecule has 6 heteroatoms. The summed E-state index contributed by atoms with van der Waals surface area (Å²) in [6, 6.07) is 17.4. The van der Waals surface area contributed by atoms with Crippen LogP contribution in [0.2, 0.25) is 0 Å². The van der Waals surface area contributed by atoms with Crippen LogP contribution in [0, 0.1) is 13.0 Å². The summed E-state index contributed by atoms with van der Waals surface area (Å²) in [7, 11) is 0. The van der Waals surface area contributed by atoms with Gasteiger partial charge < -0.3 is 10.3 Å². The average molecular weight is 381 g/mol. The molecule has 3 nitrogen and oxygen atoms in total. The van der Waals surface area contributed by atoms with Crippen LogP contribution in [-0.2, 0) is 12.7 Å². The Kier molecular flexibility index (Phi) is 4.14. The topological polar surface area (TPSA) is 48.0 Å². The Hall–Kier alpha value is -3.28. The summed E-state index contributed by atoms with van der Waals surface area (Å²) in [6.07, 6.45) is -4.45. The highest BCUT2D eigenvalue weighted by molar-refractivity contribution is 6.17. The third kappa shape index (κ3) is 2.91. The van der Waals surface area contributed by atoms with Crippen LogP contribution in [0.4, 0.5) is 13.2 Å². The van der Waals surface area contributed by atoms with Crippen molar-refractivity contribution in [3.8, 4) is 0 Å². The molecule has 0 atom stereocenters. The number of nitrogens with zero attached hydrogens (tertiary/aromatic N) is 1. The summed E-state index contributed by atoms with van der Waals surface area (Å²) in [5.74, 6) is -0.589. The van der Waals surface area contributed by atoms with Crippen molar-refractivity contribution in [2.75, 3.05) is 0 Å². The lowest BCUT2D eigenvalue weighted by molar-refractivity contribution is -0.138. The van der Waals surface area contributed by atoms with E-state index in [1.165, 1.54) is 12.1 Å². The van der Waals surface area contributed by atoms with E-state index in [-0.39, 0.29) is 12.1 Å². The number of hydrogen-bond acceptors (Lipinski definition) is 1. The van der Waals surface area contributed by atoms with E-state index >= 15 is 0 Å². The third-order valence-corrected chi connectivity index (χ3v) is 4.86. The number of amides is 1. The van der Waals surface area contributed by atoms with Gasteiger partial charge in [-0.1, -0.05) is 30.3 Å². The summed E-state index contributed by atoms with van der Waals surface area (Å²) in [5.41, 5.74) is 7.61. The predicted molar refractivity (Wildman–Crippen MR) is 102 cm³/mol. The summed E-state index contributed by atoms with van der Waals surface area (Å²) in [5, 5.41) is 1.27. The van der Waals surface area contributed by atoms with Crippen LogP contribution in [0.1, 0.15) is 27.0 Å². The molecule has 2 N–H and O–H groups in total. The van der Waals surface area contributed by atoms with Gasteiger partial charge in [-0.2, -0.15) is 13.2 Å². The predicted octanol–water partition coefficient (Wildman–Crippen LogP) is 5.07. The monoisotopic (exact) mass is 381 g/mol. The van der Waals surface area contributed by atoms with Crippen LogP contribution in [0.3, 0.4) is 0 Å². The van der Waals surface area contributed by atoms with E-state index in [9.17, 15) is 18.0 Å². The van der Waals surface area contributed by atoms with Gasteiger partial charge in [-0.05, 0) is 48.4 Å². The van der Waals surface area contributed by atoms with Gasteiger partial charge in [0, 0.05) is 22.9 Å². The molecular weight excluding hydrogens is 365 g/mol. The zero-order valence-corrected chi connectivity index (χ0v) is 15.0. The van der Waals surface area contributed by atoms with Crippen molar-refractivity contribution in [3.63, 3.8) is 0 Å². The second-order valence-corrected chi connectivity index (χ2v) is 6.74. The minimum atomic E-state index is -4.45. The smallest absolute Gasteiger partial charge is 0.366 e. The molecule has 0 bridgehead atoms. The average Bonchev–Trinajstić information content (AvgIpc) is 2.94. The van der Waals surface area contributed by atoms with Crippen LogP contribution < -0.4 is 5.73 Å². The number of fused-ring (bicyclic) bond motifs is 3. The highest BCUT2D eigenvalue weighted by atomic mass is 19.4. The highest BCUT2D eigenvalue weighted by Gasteiger charge is 2.33. The number of aryl methyl sites for hydroxylation is 1. The Morgan fingerprint density at radius 3 is 2.57 bits per heavy atom. The van der Waals surface area contributed by atoms with Crippen LogP contribution in [0.15, 0.2) is 54.6 Å². The summed E-state index contributed by atoms with van der Waals surface area (Å²) < 4.78 is 42.2. The Bertz CT molecular complexity index is 1220. The van der Waals surface area contributed by atoms with Gasteiger partial charge in [0.2, 0.25) is 5.91 Å². The first kappa shape index (κ1) is 18.1. The molecule has 0 aliphatic rings. The third-order valence-electron chi connectivity index (χ3n) is 4.86. The molecule has 0 aliphatic heterocycles. The first-order chi connectivity index (χ1) is 13.3. The maximum absolute atomic E-state index is 13.5. The number of primary amides is 1. The molecule has 0 saturated heterocycles. The Balaban J connectivity index is 2.04. The van der Waals surface area contributed by atoms with Gasteiger partial charge in [0.1, 0.15) is 0 Å².